The summed E-state index contributed by atoms with van der Waals surface area (Å²) >= 11 is 0. The van der Waals surface area contributed by atoms with E-state index < -0.39 is 0 Å². The Labute approximate surface area is 98.1 Å². The Balaban J connectivity index is 2.02. The van der Waals surface area contributed by atoms with Crippen molar-refractivity contribution in [2.24, 2.45) is 5.92 Å². The normalized spacial score (nSPS) is 25.9. The van der Waals surface area contributed by atoms with Crippen molar-refractivity contribution in [2.45, 2.75) is 45.3 Å². The van der Waals surface area contributed by atoms with Gasteiger partial charge in [-0.25, -0.2) is 0 Å². The van der Waals surface area contributed by atoms with Crippen LogP contribution in [0.25, 0.3) is 0 Å². The molecular formula is C12H24N2O2. The maximum absolute atomic E-state index is 11.4. The Morgan fingerprint density at radius 1 is 1.50 bits per heavy atom. The third kappa shape index (κ3) is 4.49. The van der Waals surface area contributed by atoms with E-state index in [1.54, 1.807) is 0 Å². The van der Waals surface area contributed by atoms with E-state index in [0.29, 0.717) is 6.10 Å². The molecule has 1 saturated carbocycles. The zero-order chi connectivity index (χ0) is 12.0. The molecule has 0 aromatic carbocycles. The third-order valence-electron chi connectivity index (χ3n) is 3.16. The zero-order valence-electron chi connectivity index (χ0n) is 10.6. The molecule has 1 fully saturated rings. The summed E-state index contributed by atoms with van der Waals surface area (Å²) in [6, 6.07) is 0.245. The van der Waals surface area contributed by atoms with Crippen LogP contribution in [-0.2, 0) is 9.53 Å². The van der Waals surface area contributed by atoms with Crippen LogP contribution in [0.1, 0.15) is 33.1 Å². The number of hydrogen-bond acceptors (Lipinski definition) is 3. The van der Waals surface area contributed by atoms with Crippen molar-refractivity contribution in [1.29, 1.82) is 0 Å². The van der Waals surface area contributed by atoms with E-state index in [4.69, 9.17) is 4.74 Å². The van der Waals surface area contributed by atoms with Crippen molar-refractivity contribution in [2.75, 3.05) is 20.2 Å². The SMILES string of the molecule is CCC(C)NC(=O)COC1CC(CNC)C1. The fraction of sp³-hybridized carbons (Fsp3) is 0.917. The van der Waals surface area contributed by atoms with E-state index in [-0.39, 0.29) is 18.6 Å². The van der Waals surface area contributed by atoms with Crippen LogP contribution in [0.2, 0.25) is 0 Å². The molecule has 4 nitrogen and oxygen atoms in total. The summed E-state index contributed by atoms with van der Waals surface area (Å²) in [6.07, 6.45) is 3.41. The van der Waals surface area contributed by atoms with Crippen molar-refractivity contribution in [1.82, 2.24) is 10.6 Å². The number of carbonyl (C=O) groups excluding carboxylic acids is 1. The van der Waals surface area contributed by atoms with E-state index in [0.717, 1.165) is 31.7 Å². The minimum absolute atomic E-state index is 0.00594. The molecule has 0 aromatic heterocycles. The van der Waals surface area contributed by atoms with Gasteiger partial charge in [0.15, 0.2) is 0 Å². The molecule has 1 amide bonds. The molecule has 0 spiro atoms. The van der Waals surface area contributed by atoms with E-state index in [1.165, 1.54) is 0 Å². The van der Waals surface area contributed by atoms with E-state index >= 15 is 0 Å². The first kappa shape index (κ1) is 13.5. The predicted molar refractivity (Wildman–Crippen MR) is 64.3 cm³/mol. The molecule has 0 aromatic rings. The van der Waals surface area contributed by atoms with Crippen LogP contribution in [0, 0.1) is 5.92 Å². The minimum Gasteiger partial charge on any atom is -0.368 e. The van der Waals surface area contributed by atoms with Crippen molar-refractivity contribution in [3.63, 3.8) is 0 Å². The Morgan fingerprint density at radius 2 is 2.19 bits per heavy atom. The second-order valence-corrected chi connectivity index (χ2v) is 4.70. The number of hydrogen-bond donors (Lipinski definition) is 2. The Kier molecular flexibility index (Phi) is 5.77. The summed E-state index contributed by atoms with van der Waals surface area (Å²) in [6.45, 7) is 5.32. The average Bonchev–Trinajstić information content (AvgIpc) is 2.21. The number of carbonyl (C=O) groups is 1. The van der Waals surface area contributed by atoms with Crippen LogP contribution >= 0.6 is 0 Å². The Morgan fingerprint density at radius 3 is 2.75 bits per heavy atom. The minimum atomic E-state index is 0.00594. The Bertz CT molecular complexity index is 215. The van der Waals surface area contributed by atoms with Gasteiger partial charge in [-0.3, -0.25) is 4.79 Å². The molecule has 0 bridgehead atoms. The Hall–Kier alpha value is -0.610. The summed E-state index contributed by atoms with van der Waals surface area (Å²) in [5, 5.41) is 6.05. The number of ether oxygens (including phenoxy) is 1. The molecular weight excluding hydrogens is 204 g/mol. The summed E-state index contributed by atoms with van der Waals surface area (Å²) in [5.41, 5.74) is 0. The van der Waals surface area contributed by atoms with Gasteiger partial charge < -0.3 is 15.4 Å². The second-order valence-electron chi connectivity index (χ2n) is 4.70. The highest BCUT2D eigenvalue weighted by atomic mass is 16.5. The standard InChI is InChI=1S/C12H24N2O2/c1-4-9(2)14-12(15)8-16-11-5-10(6-11)7-13-3/h9-11,13H,4-8H2,1-3H3,(H,14,15). The molecule has 1 aliphatic rings. The van der Waals surface area contributed by atoms with Crippen molar-refractivity contribution < 1.29 is 9.53 Å². The molecule has 0 heterocycles. The molecule has 4 heteroatoms. The highest BCUT2D eigenvalue weighted by molar-refractivity contribution is 5.77. The molecule has 94 valence electrons. The van der Waals surface area contributed by atoms with E-state index in [2.05, 4.69) is 17.6 Å². The second kappa shape index (κ2) is 6.86. The van der Waals surface area contributed by atoms with Gasteiger partial charge in [-0.05, 0) is 45.7 Å². The first-order valence-corrected chi connectivity index (χ1v) is 6.21. The van der Waals surface area contributed by atoms with Gasteiger partial charge in [-0.15, -0.1) is 0 Å². The van der Waals surface area contributed by atoms with Crippen LogP contribution in [0.15, 0.2) is 0 Å². The zero-order valence-corrected chi connectivity index (χ0v) is 10.6. The van der Waals surface area contributed by atoms with Gasteiger partial charge in [0.1, 0.15) is 6.61 Å². The lowest BCUT2D eigenvalue weighted by atomic mass is 9.82. The number of amides is 1. The van der Waals surface area contributed by atoms with Crippen molar-refractivity contribution in [3.8, 4) is 0 Å². The summed E-state index contributed by atoms with van der Waals surface area (Å²) in [4.78, 5) is 11.4. The quantitative estimate of drug-likeness (QED) is 0.681. The topological polar surface area (TPSA) is 50.4 Å². The van der Waals surface area contributed by atoms with Crippen LogP contribution < -0.4 is 10.6 Å². The molecule has 0 saturated heterocycles. The maximum Gasteiger partial charge on any atom is 0.246 e. The van der Waals surface area contributed by atoms with Crippen molar-refractivity contribution >= 4 is 5.91 Å². The fourth-order valence-electron chi connectivity index (χ4n) is 1.88. The summed E-state index contributed by atoms with van der Waals surface area (Å²) in [7, 11) is 1.97. The first-order valence-electron chi connectivity index (χ1n) is 6.21. The van der Waals surface area contributed by atoms with Gasteiger partial charge in [-0.1, -0.05) is 6.92 Å². The van der Waals surface area contributed by atoms with Gasteiger partial charge >= 0.3 is 0 Å². The largest absolute Gasteiger partial charge is 0.368 e. The molecule has 2 N–H and O–H groups in total. The highest BCUT2D eigenvalue weighted by Crippen LogP contribution is 2.29. The van der Waals surface area contributed by atoms with E-state index in [1.807, 2.05) is 14.0 Å². The summed E-state index contributed by atoms with van der Waals surface area (Å²) < 4.78 is 5.52. The fourth-order valence-corrected chi connectivity index (χ4v) is 1.88. The van der Waals surface area contributed by atoms with Crippen LogP contribution in [0.5, 0.6) is 0 Å². The molecule has 1 unspecified atom stereocenters. The van der Waals surface area contributed by atoms with Gasteiger partial charge in [-0.2, -0.15) is 0 Å². The molecule has 1 rings (SSSR count). The van der Waals surface area contributed by atoms with Gasteiger partial charge in [0.05, 0.1) is 6.10 Å². The van der Waals surface area contributed by atoms with Crippen LogP contribution in [0.3, 0.4) is 0 Å². The molecule has 0 radical (unpaired) electrons. The number of nitrogens with one attached hydrogen (secondary N) is 2. The first-order chi connectivity index (χ1) is 7.65. The molecule has 1 aliphatic carbocycles. The van der Waals surface area contributed by atoms with E-state index in [9.17, 15) is 4.79 Å². The third-order valence-corrected chi connectivity index (χ3v) is 3.16. The van der Waals surface area contributed by atoms with Gasteiger partial charge in [0.25, 0.3) is 0 Å². The maximum atomic E-state index is 11.4. The van der Waals surface area contributed by atoms with Crippen LogP contribution in [0.4, 0.5) is 0 Å². The lowest BCUT2D eigenvalue weighted by Gasteiger charge is -2.34. The molecule has 0 aliphatic heterocycles. The van der Waals surface area contributed by atoms with Crippen molar-refractivity contribution in [3.05, 3.63) is 0 Å². The lowest BCUT2D eigenvalue weighted by molar-refractivity contribution is -0.131. The summed E-state index contributed by atoms with van der Waals surface area (Å²) in [5.74, 6) is 0.735. The lowest BCUT2D eigenvalue weighted by Crippen LogP contribution is -2.40. The van der Waals surface area contributed by atoms with Crippen LogP contribution in [-0.4, -0.2) is 38.3 Å². The predicted octanol–water partition coefficient (Wildman–Crippen LogP) is 0.916. The van der Waals surface area contributed by atoms with Gasteiger partial charge in [0, 0.05) is 6.04 Å². The monoisotopic (exact) mass is 228 g/mol. The highest BCUT2D eigenvalue weighted by Gasteiger charge is 2.29. The van der Waals surface area contributed by atoms with Gasteiger partial charge in [0.2, 0.25) is 5.91 Å². The number of rotatable bonds is 7. The molecule has 16 heavy (non-hydrogen) atoms. The molecule has 1 atom stereocenters. The average molecular weight is 228 g/mol. The smallest absolute Gasteiger partial charge is 0.246 e.